The average Bonchev–Trinajstić information content (AvgIpc) is 2.62. The van der Waals surface area contributed by atoms with E-state index in [1.165, 1.54) is 6.07 Å². The van der Waals surface area contributed by atoms with E-state index >= 15 is 0 Å². The van der Waals surface area contributed by atoms with Crippen LogP contribution in [0.3, 0.4) is 0 Å². The monoisotopic (exact) mass is 398 g/mol. The molecule has 0 N–H and O–H groups in total. The maximum atomic E-state index is 12.9. The Hall–Kier alpha value is -2.84. The first-order chi connectivity index (χ1) is 13.1. The van der Waals surface area contributed by atoms with Gasteiger partial charge in [0.05, 0.1) is 12.2 Å². The molecule has 0 radical (unpaired) electrons. The number of carbonyl (C=O) groups is 1. The van der Waals surface area contributed by atoms with Crippen LogP contribution in [-0.2, 0) is 22.8 Å². The van der Waals surface area contributed by atoms with Gasteiger partial charge in [-0.1, -0.05) is 19.4 Å². The second-order valence-electron chi connectivity index (χ2n) is 6.20. The second kappa shape index (κ2) is 8.90. The summed E-state index contributed by atoms with van der Waals surface area (Å²) in [4.78, 5) is 27.3. The Bertz CT molecular complexity index is 907. The molecule has 0 fully saturated rings. The Kier molecular flexibility index (Phi) is 6.82. The first-order valence-electron chi connectivity index (χ1n) is 8.67. The van der Waals surface area contributed by atoms with E-state index < -0.39 is 23.5 Å². The van der Waals surface area contributed by atoms with E-state index in [1.807, 2.05) is 6.92 Å². The summed E-state index contributed by atoms with van der Waals surface area (Å²) in [5.41, 5.74) is 0.233. The summed E-state index contributed by atoms with van der Waals surface area (Å²) in [7, 11) is 1.02. The first kappa shape index (κ1) is 21.5. The van der Waals surface area contributed by atoms with E-state index in [1.54, 1.807) is 19.1 Å². The van der Waals surface area contributed by atoms with Gasteiger partial charge in [0, 0.05) is 13.2 Å². The third-order valence-corrected chi connectivity index (χ3v) is 4.01. The van der Waals surface area contributed by atoms with E-state index in [-0.39, 0.29) is 12.2 Å². The van der Waals surface area contributed by atoms with Gasteiger partial charge in [-0.3, -0.25) is 9.36 Å². The van der Waals surface area contributed by atoms with Crippen LogP contribution in [0.2, 0.25) is 0 Å². The van der Waals surface area contributed by atoms with Crippen molar-refractivity contribution < 1.29 is 27.4 Å². The minimum Gasteiger partial charge on any atom is -0.482 e. The molecule has 1 aromatic heterocycles. The van der Waals surface area contributed by atoms with Gasteiger partial charge in [-0.2, -0.15) is 13.2 Å². The second-order valence-corrected chi connectivity index (χ2v) is 6.20. The van der Waals surface area contributed by atoms with Gasteiger partial charge in [-0.15, -0.1) is 0 Å². The van der Waals surface area contributed by atoms with Crippen LogP contribution < -0.4 is 10.3 Å². The highest BCUT2D eigenvalue weighted by Crippen LogP contribution is 2.28. The minimum absolute atomic E-state index is 0.0316. The van der Waals surface area contributed by atoms with Crippen LogP contribution in [0.5, 0.6) is 5.75 Å². The summed E-state index contributed by atoms with van der Waals surface area (Å²) < 4.78 is 49.4. The van der Waals surface area contributed by atoms with Gasteiger partial charge in [-0.05, 0) is 36.6 Å². The highest BCUT2D eigenvalue weighted by atomic mass is 19.4. The van der Waals surface area contributed by atoms with Crippen LogP contribution in [0.4, 0.5) is 13.2 Å². The number of halogens is 3. The number of unbranched alkanes of at least 4 members (excludes halogenated alkanes) is 1. The molecule has 0 atom stereocenters. The van der Waals surface area contributed by atoms with E-state index in [2.05, 4.69) is 4.98 Å². The Labute approximate surface area is 159 Å². The lowest BCUT2D eigenvalue weighted by Crippen LogP contribution is -2.28. The van der Waals surface area contributed by atoms with Gasteiger partial charge in [0.1, 0.15) is 5.75 Å². The molecule has 2 aromatic rings. The van der Waals surface area contributed by atoms with Crippen molar-refractivity contribution in [1.82, 2.24) is 9.55 Å². The molecule has 28 heavy (non-hydrogen) atoms. The van der Waals surface area contributed by atoms with E-state index in [0.29, 0.717) is 28.1 Å². The third-order valence-electron chi connectivity index (χ3n) is 4.01. The maximum absolute atomic E-state index is 12.9. The highest BCUT2D eigenvalue weighted by Gasteiger charge is 2.36. The fourth-order valence-electron chi connectivity index (χ4n) is 2.49. The molecule has 0 aliphatic carbocycles. The number of esters is 1. The summed E-state index contributed by atoms with van der Waals surface area (Å²) in [6, 6.07) is 4.65. The number of alkyl halides is 3. The van der Waals surface area contributed by atoms with E-state index in [4.69, 9.17) is 9.47 Å². The van der Waals surface area contributed by atoms with Gasteiger partial charge in [0.2, 0.25) is 5.82 Å². The van der Waals surface area contributed by atoms with Crippen molar-refractivity contribution in [2.24, 2.45) is 7.05 Å². The zero-order valence-electron chi connectivity index (χ0n) is 15.8. The molecule has 1 heterocycles. The fourth-order valence-corrected chi connectivity index (χ4v) is 2.49. The average molecular weight is 398 g/mol. The summed E-state index contributed by atoms with van der Waals surface area (Å²) in [5.74, 6) is -1.34. The molecule has 0 unspecified atom stereocenters. The van der Waals surface area contributed by atoms with Gasteiger partial charge in [0.15, 0.2) is 6.61 Å². The maximum Gasteiger partial charge on any atom is 0.449 e. The van der Waals surface area contributed by atoms with Crippen LogP contribution >= 0.6 is 0 Å². The number of benzene rings is 1. The lowest BCUT2D eigenvalue weighted by molar-refractivity contribution is -0.148. The van der Waals surface area contributed by atoms with E-state index in [0.717, 1.165) is 26.1 Å². The van der Waals surface area contributed by atoms with Crippen LogP contribution in [0.1, 0.15) is 31.2 Å². The lowest BCUT2D eigenvalue weighted by Gasteiger charge is -2.13. The van der Waals surface area contributed by atoms with Crippen LogP contribution in [0, 0.1) is 6.92 Å². The summed E-state index contributed by atoms with van der Waals surface area (Å²) in [5, 5.41) is 0. The Morgan fingerprint density at radius 1 is 1.29 bits per heavy atom. The molecule has 6 nitrogen and oxygen atoms in total. The molecule has 0 aliphatic rings. The molecule has 0 aliphatic heterocycles. The molecule has 0 saturated heterocycles. The van der Waals surface area contributed by atoms with Gasteiger partial charge in [-0.25, -0.2) is 9.78 Å². The number of aromatic nitrogens is 2. The molecule has 0 amide bonds. The topological polar surface area (TPSA) is 70.4 Å². The van der Waals surface area contributed by atoms with Gasteiger partial charge < -0.3 is 9.47 Å². The van der Waals surface area contributed by atoms with Crippen molar-refractivity contribution in [3.63, 3.8) is 0 Å². The Morgan fingerprint density at radius 2 is 2.00 bits per heavy atom. The zero-order valence-corrected chi connectivity index (χ0v) is 15.8. The van der Waals surface area contributed by atoms with Crippen molar-refractivity contribution in [2.45, 2.75) is 32.9 Å². The number of carbonyl (C=O) groups excluding carboxylic acids is 1. The number of nitrogens with zero attached hydrogens (tertiary/aromatic N) is 2. The zero-order chi connectivity index (χ0) is 20.9. The van der Waals surface area contributed by atoms with Crippen molar-refractivity contribution in [2.75, 3.05) is 13.2 Å². The molecular formula is C19H21F3N2O4. The number of aryl methyl sites for hydroxylation is 1. The summed E-state index contributed by atoms with van der Waals surface area (Å²) >= 11 is 0. The van der Waals surface area contributed by atoms with E-state index in [9.17, 15) is 22.8 Å². The largest absolute Gasteiger partial charge is 0.482 e. The fraction of sp³-hybridized carbons (Fsp3) is 0.421. The van der Waals surface area contributed by atoms with Crippen molar-refractivity contribution >= 4 is 5.97 Å². The Balaban J connectivity index is 2.17. The molecule has 0 saturated carbocycles. The smallest absolute Gasteiger partial charge is 0.449 e. The van der Waals surface area contributed by atoms with Gasteiger partial charge in [0.25, 0.3) is 5.56 Å². The molecule has 152 valence electrons. The highest BCUT2D eigenvalue weighted by molar-refractivity contribution is 5.71. The molecule has 1 aromatic carbocycles. The quantitative estimate of drug-likeness (QED) is 0.527. The number of hydrogen-bond acceptors (Lipinski definition) is 5. The molecule has 0 bridgehead atoms. The van der Waals surface area contributed by atoms with Crippen molar-refractivity contribution in [3.05, 3.63) is 46.1 Å². The number of hydrogen-bond donors (Lipinski definition) is 0. The van der Waals surface area contributed by atoms with Crippen LogP contribution in [0.25, 0.3) is 11.1 Å². The minimum atomic E-state index is -4.72. The SMILES string of the molecule is CCCCOC(=O)COc1ccc(-c2cnc(C(F)(F)F)n(C)c2=O)cc1C. The van der Waals surface area contributed by atoms with Crippen LogP contribution in [-0.4, -0.2) is 28.7 Å². The summed E-state index contributed by atoms with van der Waals surface area (Å²) in [6.45, 7) is 3.76. The normalized spacial score (nSPS) is 11.4. The predicted molar refractivity (Wildman–Crippen MR) is 96.0 cm³/mol. The summed E-state index contributed by atoms with van der Waals surface area (Å²) in [6.07, 6.45) is -2.13. The molecule has 0 spiro atoms. The standard InChI is InChI=1S/C19H21F3N2O4/c1-4-5-8-27-16(25)11-28-15-7-6-13(9-12(15)2)14-10-23-18(19(20,21)22)24(3)17(14)26/h6-7,9-10H,4-5,8,11H2,1-3H3. The van der Waals surface area contributed by atoms with Crippen LogP contribution in [0.15, 0.2) is 29.2 Å². The Morgan fingerprint density at radius 3 is 2.61 bits per heavy atom. The third kappa shape index (κ3) is 5.11. The molecular weight excluding hydrogens is 377 g/mol. The van der Waals surface area contributed by atoms with Crippen molar-refractivity contribution in [3.8, 4) is 16.9 Å². The molecule has 9 heteroatoms. The predicted octanol–water partition coefficient (Wildman–Crippen LogP) is 3.50. The number of rotatable bonds is 7. The van der Waals surface area contributed by atoms with Crippen molar-refractivity contribution in [1.29, 1.82) is 0 Å². The molecule has 2 rings (SSSR count). The number of ether oxygens (including phenoxy) is 2. The first-order valence-corrected chi connectivity index (χ1v) is 8.67. The lowest BCUT2D eigenvalue weighted by atomic mass is 10.1. The van der Waals surface area contributed by atoms with Gasteiger partial charge >= 0.3 is 12.1 Å².